The first-order chi connectivity index (χ1) is 9.62. The van der Waals surface area contributed by atoms with Gasteiger partial charge in [-0.2, -0.15) is 0 Å². The number of hydrogen-bond acceptors (Lipinski definition) is 2. The number of benzene rings is 1. The molecule has 1 atom stereocenters. The number of nitrogens with one attached hydrogen (secondary N) is 1. The van der Waals surface area contributed by atoms with Crippen molar-refractivity contribution in [2.75, 3.05) is 13.2 Å². The van der Waals surface area contributed by atoms with Crippen molar-refractivity contribution in [3.05, 3.63) is 29.8 Å². The molecule has 20 heavy (non-hydrogen) atoms. The highest BCUT2D eigenvalue weighted by atomic mass is 16.5. The molecule has 1 heterocycles. The van der Waals surface area contributed by atoms with Crippen LogP contribution in [0, 0.1) is 5.41 Å². The summed E-state index contributed by atoms with van der Waals surface area (Å²) in [7, 11) is 0. The SMILES string of the molecule is CCCCCC(C)(C)CNC1CCOc2ccccc21. The van der Waals surface area contributed by atoms with Gasteiger partial charge in [0.05, 0.1) is 6.61 Å². The summed E-state index contributed by atoms with van der Waals surface area (Å²) >= 11 is 0. The topological polar surface area (TPSA) is 21.3 Å². The van der Waals surface area contributed by atoms with Gasteiger partial charge in [-0.05, 0) is 17.9 Å². The molecule has 112 valence electrons. The van der Waals surface area contributed by atoms with Gasteiger partial charge >= 0.3 is 0 Å². The molecular formula is C18H29NO. The maximum atomic E-state index is 5.73. The Morgan fingerprint density at radius 1 is 1.25 bits per heavy atom. The van der Waals surface area contributed by atoms with E-state index in [1.54, 1.807) is 0 Å². The standard InChI is InChI=1S/C18H29NO/c1-4-5-8-12-18(2,3)14-19-16-11-13-20-17-10-7-6-9-15(16)17/h6-7,9-10,16,19H,4-5,8,11-14H2,1-3H3. The minimum Gasteiger partial charge on any atom is -0.493 e. The van der Waals surface area contributed by atoms with E-state index in [4.69, 9.17) is 4.74 Å². The zero-order valence-corrected chi connectivity index (χ0v) is 13.2. The van der Waals surface area contributed by atoms with E-state index in [1.807, 2.05) is 0 Å². The fourth-order valence-electron chi connectivity index (χ4n) is 2.90. The lowest BCUT2D eigenvalue weighted by molar-refractivity contribution is 0.229. The minimum atomic E-state index is 0.377. The quantitative estimate of drug-likeness (QED) is 0.728. The van der Waals surface area contributed by atoms with Crippen LogP contribution >= 0.6 is 0 Å². The predicted octanol–water partition coefficient (Wildman–Crippen LogP) is 4.71. The average Bonchev–Trinajstić information content (AvgIpc) is 2.45. The van der Waals surface area contributed by atoms with Gasteiger partial charge in [-0.3, -0.25) is 0 Å². The second-order valence-corrected chi connectivity index (χ2v) is 6.73. The van der Waals surface area contributed by atoms with E-state index in [2.05, 4.69) is 50.4 Å². The monoisotopic (exact) mass is 275 g/mol. The van der Waals surface area contributed by atoms with Gasteiger partial charge in [0, 0.05) is 24.6 Å². The van der Waals surface area contributed by atoms with Crippen LogP contribution in [0.3, 0.4) is 0 Å². The van der Waals surface area contributed by atoms with Crippen molar-refractivity contribution in [1.82, 2.24) is 5.32 Å². The highest BCUT2D eigenvalue weighted by molar-refractivity contribution is 5.37. The Morgan fingerprint density at radius 2 is 2.05 bits per heavy atom. The van der Waals surface area contributed by atoms with Crippen molar-refractivity contribution >= 4 is 0 Å². The Balaban J connectivity index is 1.88. The maximum Gasteiger partial charge on any atom is 0.124 e. The molecule has 1 unspecified atom stereocenters. The van der Waals surface area contributed by atoms with Crippen LogP contribution in [-0.2, 0) is 0 Å². The van der Waals surface area contributed by atoms with Crippen LogP contribution in [0.2, 0.25) is 0 Å². The van der Waals surface area contributed by atoms with Gasteiger partial charge in [-0.15, -0.1) is 0 Å². The molecule has 2 rings (SSSR count). The van der Waals surface area contributed by atoms with Crippen molar-refractivity contribution in [2.24, 2.45) is 5.41 Å². The summed E-state index contributed by atoms with van der Waals surface area (Å²) in [5, 5.41) is 3.76. The number of hydrogen-bond donors (Lipinski definition) is 1. The van der Waals surface area contributed by atoms with Crippen molar-refractivity contribution in [3.8, 4) is 5.75 Å². The van der Waals surface area contributed by atoms with Gasteiger partial charge in [0.1, 0.15) is 5.75 Å². The Labute approximate surface area is 123 Å². The third-order valence-electron chi connectivity index (χ3n) is 4.24. The first-order valence-electron chi connectivity index (χ1n) is 8.07. The highest BCUT2D eigenvalue weighted by Gasteiger charge is 2.24. The Kier molecular flexibility index (Phi) is 5.47. The molecule has 0 aromatic heterocycles. The molecule has 1 aliphatic heterocycles. The second-order valence-electron chi connectivity index (χ2n) is 6.73. The Bertz CT molecular complexity index is 414. The molecule has 0 aliphatic carbocycles. The number of rotatable bonds is 7. The summed E-state index contributed by atoms with van der Waals surface area (Å²) < 4.78 is 5.73. The molecule has 2 nitrogen and oxygen atoms in total. The van der Waals surface area contributed by atoms with Crippen LogP contribution in [-0.4, -0.2) is 13.2 Å². The summed E-state index contributed by atoms with van der Waals surface area (Å²) in [4.78, 5) is 0. The Morgan fingerprint density at radius 3 is 2.85 bits per heavy atom. The lowest BCUT2D eigenvalue weighted by Gasteiger charge is -2.31. The molecule has 0 bridgehead atoms. The predicted molar refractivity (Wildman–Crippen MR) is 85.2 cm³/mol. The zero-order valence-electron chi connectivity index (χ0n) is 13.2. The van der Waals surface area contributed by atoms with Crippen molar-refractivity contribution in [3.63, 3.8) is 0 Å². The molecule has 0 spiro atoms. The van der Waals surface area contributed by atoms with Crippen LogP contribution < -0.4 is 10.1 Å². The van der Waals surface area contributed by atoms with Crippen LogP contribution in [0.1, 0.15) is 64.5 Å². The summed E-state index contributed by atoms with van der Waals surface area (Å²) in [6, 6.07) is 8.88. The summed E-state index contributed by atoms with van der Waals surface area (Å²) in [6.45, 7) is 8.92. The van der Waals surface area contributed by atoms with Crippen LogP contribution in [0.4, 0.5) is 0 Å². The smallest absolute Gasteiger partial charge is 0.124 e. The van der Waals surface area contributed by atoms with Crippen molar-refractivity contribution in [2.45, 2.75) is 58.9 Å². The fraction of sp³-hybridized carbons (Fsp3) is 0.667. The van der Waals surface area contributed by atoms with Gasteiger partial charge < -0.3 is 10.1 Å². The molecule has 0 radical (unpaired) electrons. The van der Waals surface area contributed by atoms with Gasteiger partial charge in [0.25, 0.3) is 0 Å². The van der Waals surface area contributed by atoms with E-state index in [-0.39, 0.29) is 0 Å². The summed E-state index contributed by atoms with van der Waals surface area (Å²) in [5.41, 5.74) is 1.70. The van der Waals surface area contributed by atoms with Crippen molar-refractivity contribution in [1.29, 1.82) is 0 Å². The van der Waals surface area contributed by atoms with Crippen LogP contribution in [0.25, 0.3) is 0 Å². The normalized spacial score (nSPS) is 18.4. The van der Waals surface area contributed by atoms with E-state index in [0.717, 1.165) is 25.3 Å². The first kappa shape index (κ1) is 15.4. The van der Waals surface area contributed by atoms with E-state index in [1.165, 1.54) is 31.2 Å². The van der Waals surface area contributed by atoms with E-state index in [9.17, 15) is 0 Å². The lowest BCUT2D eigenvalue weighted by atomic mass is 9.86. The molecule has 0 saturated heterocycles. The van der Waals surface area contributed by atoms with Crippen LogP contribution in [0.15, 0.2) is 24.3 Å². The Hall–Kier alpha value is -1.02. The molecule has 1 aliphatic rings. The third kappa shape index (κ3) is 4.24. The molecule has 0 fully saturated rings. The van der Waals surface area contributed by atoms with Gasteiger partial charge in [-0.25, -0.2) is 0 Å². The van der Waals surface area contributed by atoms with E-state index in [0.29, 0.717) is 11.5 Å². The minimum absolute atomic E-state index is 0.377. The third-order valence-corrected chi connectivity index (χ3v) is 4.24. The van der Waals surface area contributed by atoms with Gasteiger partial charge in [0.2, 0.25) is 0 Å². The number of ether oxygens (including phenoxy) is 1. The molecule has 1 N–H and O–H groups in total. The zero-order chi connectivity index (χ0) is 14.4. The summed E-state index contributed by atoms with van der Waals surface area (Å²) in [5.74, 6) is 1.06. The average molecular weight is 275 g/mol. The lowest BCUT2D eigenvalue weighted by Crippen LogP contribution is -2.34. The van der Waals surface area contributed by atoms with Crippen LogP contribution in [0.5, 0.6) is 5.75 Å². The number of para-hydroxylation sites is 1. The van der Waals surface area contributed by atoms with E-state index < -0.39 is 0 Å². The largest absolute Gasteiger partial charge is 0.493 e. The maximum absolute atomic E-state index is 5.73. The fourth-order valence-corrected chi connectivity index (χ4v) is 2.90. The highest BCUT2D eigenvalue weighted by Crippen LogP contribution is 2.32. The van der Waals surface area contributed by atoms with E-state index >= 15 is 0 Å². The molecule has 0 saturated carbocycles. The first-order valence-corrected chi connectivity index (χ1v) is 8.07. The molecule has 0 amide bonds. The molecule has 1 aromatic rings. The molecule has 1 aromatic carbocycles. The second kappa shape index (κ2) is 7.12. The van der Waals surface area contributed by atoms with Crippen molar-refractivity contribution < 1.29 is 4.74 Å². The van der Waals surface area contributed by atoms with Gasteiger partial charge in [-0.1, -0.05) is 58.2 Å². The molecular weight excluding hydrogens is 246 g/mol. The number of fused-ring (bicyclic) bond motifs is 1. The number of unbranched alkanes of at least 4 members (excludes halogenated alkanes) is 2. The summed E-state index contributed by atoms with van der Waals surface area (Å²) in [6.07, 6.45) is 6.37. The molecule has 2 heteroatoms. The van der Waals surface area contributed by atoms with Gasteiger partial charge in [0.15, 0.2) is 0 Å².